The highest BCUT2D eigenvalue weighted by atomic mass is 15.1. The number of benzene rings is 7. The molecule has 0 saturated heterocycles. The largest absolute Gasteiger partial charge is 0.310 e. The summed E-state index contributed by atoms with van der Waals surface area (Å²) < 4.78 is 0. The van der Waals surface area contributed by atoms with Crippen LogP contribution >= 0.6 is 0 Å². The van der Waals surface area contributed by atoms with E-state index in [4.69, 9.17) is 0 Å². The summed E-state index contributed by atoms with van der Waals surface area (Å²) in [6.07, 6.45) is 6.95. The van der Waals surface area contributed by atoms with Crippen LogP contribution in [0.5, 0.6) is 0 Å². The van der Waals surface area contributed by atoms with Gasteiger partial charge in [-0.2, -0.15) is 0 Å². The molecule has 0 amide bonds. The van der Waals surface area contributed by atoms with E-state index in [0.29, 0.717) is 0 Å². The molecule has 0 radical (unpaired) electrons. The Kier molecular flexibility index (Phi) is 6.69. The smallest absolute Gasteiger partial charge is 0.0540 e. The van der Waals surface area contributed by atoms with Gasteiger partial charge in [-0.05, 0) is 110 Å². The Labute approximate surface area is 283 Å². The van der Waals surface area contributed by atoms with Crippen LogP contribution in [0.3, 0.4) is 0 Å². The summed E-state index contributed by atoms with van der Waals surface area (Å²) in [5.74, 6) is 0. The zero-order valence-corrected chi connectivity index (χ0v) is 27.4. The standard InChI is InChI=1S/C47H37N/c1-47(2)43-29-24-34-15-9-10-18-39(34)46(43)42-27-23-35(31-44(42)47)38-28-30-45(41-20-12-11-19-40(38)41)48(36-16-7-4-8-17-36)37-25-21-33(22-26-37)32-13-5-3-6-14-32/h3-8,10-14,16-31H,9,15H2,1-2H3. The van der Waals surface area contributed by atoms with Gasteiger partial charge >= 0.3 is 0 Å². The Hall–Kier alpha value is -5.66. The molecular formula is C47H37N. The van der Waals surface area contributed by atoms with Gasteiger partial charge in [-0.15, -0.1) is 0 Å². The second-order valence-electron chi connectivity index (χ2n) is 13.6. The SMILES string of the molecule is CC1(C)c2cc(-c3ccc(N(c4ccccc4)c4ccc(-c5ccccc5)cc4)c4ccccc34)ccc2-c2c1ccc1c2C=CCC1. The molecule has 0 aliphatic heterocycles. The molecule has 7 aromatic carbocycles. The quantitative estimate of drug-likeness (QED) is 0.186. The molecule has 0 unspecified atom stereocenters. The van der Waals surface area contributed by atoms with Crippen molar-refractivity contribution in [3.63, 3.8) is 0 Å². The van der Waals surface area contributed by atoms with Crippen LogP contribution in [0.15, 0.2) is 158 Å². The molecule has 1 heteroatoms. The van der Waals surface area contributed by atoms with Gasteiger partial charge in [0, 0.05) is 22.2 Å². The van der Waals surface area contributed by atoms with Gasteiger partial charge in [0.15, 0.2) is 0 Å². The first kappa shape index (κ1) is 28.6. The predicted octanol–water partition coefficient (Wildman–Crippen LogP) is 12.9. The Morgan fingerprint density at radius 2 is 1.17 bits per heavy atom. The highest BCUT2D eigenvalue weighted by Crippen LogP contribution is 2.53. The molecule has 230 valence electrons. The number of anilines is 3. The van der Waals surface area contributed by atoms with Gasteiger partial charge in [-0.25, -0.2) is 0 Å². The van der Waals surface area contributed by atoms with Crippen molar-refractivity contribution in [2.24, 2.45) is 0 Å². The normalized spacial score (nSPS) is 14.0. The first-order valence-corrected chi connectivity index (χ1v) is 17.1. The summed E-state index contributed by atoms with van der Waals surface area (Å²) in [5, 5.41) is 2.48. The van der Waals surface area contributed by atoms with Crippen LogP contribution < -0.4 is 4.90 Å². The molecule has 0 fully saturated rings. The molecule has 0 aromatic heterocycles. The lowest BCUT2D eigenvalue weighted by atomic mass is 9.80. The van der Waals surface area contributed by atoms with Crippen LogP contribution in [0.2, 0.25) is 0 Å². The van der Waals surface area contributed by atoms with Crippen molar-refractivity contribution in [3.05, 3.63) is 180 Å². The second-order valence-corrected chi connectivity index (χ2v) is 13.6. The summed E-state index contributed by atoms with van der Waals surface area (Å²) in [7, 11) is 0. The summed E-state index contributed by atoms with van der Waals surface area (Å²) in [5.41, 5.74) is 16.9. The number of aryl methyl sites for hydroxylation is 1. The molecule has 2 aliphatic rings. The second kappa shape index (κ2) is 11.2. The molecule has 0 spiro atoms. The van der Waals surface area contributed by atoms with E-state index in [-0.39, 0.29) is 5.41 Å². The maximum atomic E-state index is 2.47. The average Bonchev–Trinajstić information content (AvgIpc) is 3.38. The number of allylic oxidation sites excluding steroid dienone is 1. The number of hydrogen-bond acceptors (Lipinski definition) is 1. The number of para-hydroxylation sites is 1. The number of fused-ring (bicyclic) bond motifs is 6. The van der Waals surface area contributed by atoms with E-state index < -0.39 is 0 Å². The van der Waals surface area contributed by atoms with E-state index in [1.807, 2.05) is 0 Å². The van der Waals surface area contributed by atoms with Gasteiger partial charge in [0.1, 0.15) is 0 Å². The molecule has 9 rings (SSSR count). The maximum absolute atomic E-state index is 2.47. The first-order chi connectivity index (χ1) is 23.6. The van der Waals surface area contributed by atoms with E-state index in [2.05, 4.69) is 183 Å². The molecule has 1 nitrogen and oxygen atoms in total. The summed E-state index contributed by atoms with van der Waals surface area (Å²) in [4.78, 5) is 2.39. The minimum atomic E-state index is -0.0627. The van der Waals surface area contributed by atoms with Crippen LogP contribution in [-0.2, 0) is 11.8 Å². The zero-order chi connectivity index (χ0) is 32.2. The van der Waals surface area contributed by atoms with E-state index in [0.717, 1.165) is 24.2 Å². The van der Waals surface area contributed by atoms with E-state index in [9.17, 15) is 0 Å². The third-order valence-corrected chi connectivity index (χ3v) is 10.5. The van der Waals surface area contributed by atoms with Crippen LogP contribution in [0.4, 0.5) is 17.1 Å². The van der Waals surface area contributed by atoms with Crippen molar-refractivity contribution in [1.82, 2.24) is 0 Å². The van der Waals surface area contributed by atoms with E-state index in [1.54, 1.807) is 0 Å². The number of rotatable bonds is 5. The molecular weight excluding hydrogens is 579 g/mol. The first-order valence-electron chi connectivity index (χ1n) is 17.1. The zero-order valence-electron chi connectivity index (χ0n) is 27.4. The molecule has 0 bridgehead atoms. The Morgan fingerprint density at radius 1 is 0.521 bits per heavy atom. The lowest BCUT2D eigenvalue weighted by Gasteiger charge is -2.28. The fraction of sp³-hybridized carbons (Fsp3) is 0.106. The van der Waals surface area contributed by atoms with Crippen molar-refractivity contribution in [1.29, 1.82) is 0 Å². The number of nitrogens with zero attached hydrogens (tertiary/aromatic N) is 1. The van der Waals surface area contributed by atoms with Gasteiger partial charge in [0.25, 0.3) is 0 Å². The molecule has 0 heterocycles. The van der Waals surface area contributed by atoms with E-state index >= 15 is 0 Å². The highest BCUT2D eigenvalue weighted by molar-refractivity contribution is 6.06. The summed E-state index contributed by atoms with van der Waals surface area (Å²) >= 11 is 0. The Balaban J connectivity index is 1.18. The van der Waals surface area contributed by atoms with Gasteiger partial charge in [0.05, 0.1) is 5.69 Å². The van der Waals surface area contributed by atoms with Crippen molar-refractivity contribution in [2.45, 2.75) is 32.1 Å². The topological polar surface area (TPSA) is 3.24 Å². The Morgan fingerprint density at radius 3 is 1.96 bits per heavy atom. The van der Waals surface area contributed by atoms with Crippen molar-refractivity contribution in [2.75, 3.05) is 4.90 Å². The lowest BCUT2D eigenvalue weighted by Crippen LogP contribution is -2.15. The van der Waals surface area contributed by atoms with Crippen LogP contribution in [0.1, 0.15) is 42.5 Å². The fourth-order valence-electron chi connectivity index (χ4n) is 8.08. The van der Waals surface area contributed by atoms with Crippen LogP contribution in [0, 0.1) is 0 Å². The molecule has 2 aliphatic carbocycles. The molecule has 0 atom stereocenters. The van der Waals surface area contributed by atoms with E-state index in [1.165, 1.54) is 72.1 Å². The molecule has 0 N–H and O–H groups in total. The highest BCUT2D eigenvalue weighted by Gasteiger charge is 2.37. The average molecular weight is 616 g/mol. The number of hydrogen-bond donors (Lipinski definition) is 0. The van der Waals surface area contributed by atoms with Crippen molar-refractivity contribution < 1.29 is 0 Å². The van der Waals surface area contributed by atoms with Crippen LogP contribution in [0.25, 0.3) is 50.2 Å². The minimum absolute atomic E-state index is 0.0627. The third-order valence-electron chi connectivity index (χ3n) is 10.5. The molecule has 48 heavy (non-hydrogen) atoms. The van der Waals surface area contributed by atoms with Gasteiger partial charge in [0.2, 0.25) is 0 Å². The Bertz CT molecular complexity index is 2340. The molecule has 0 saturated carbocycles. The summed E-state index contributed by atoms with van der Waals surface area (Å²) in [6.45, 7) is 4.78. The third kappa shape index (κ3) is 4.53. The van der Waals surface area contributed by atoms with Gasteiger partial charge in [-0.1, -0.05) is 141 Å². The minimum Gasteiger partial charge on any atom is -0.310 e. The maximum Gasteiger partial charge on any atom is 0.0540 e. The predicted molar refractivity (Wildman–Crippen MR) is 204 cm³/mol. The van der Waals surface area contributed by atoms with Gasteiger partial charge < -0.3 is 4.90 Å². The van der Waals surface area contributed by atoms with Crippen molar-refractivity contribution in [3.8, 4) is 33.4 Å². The summed E-state index contributed by atoms with van der Waals surface area (Å²) in [6, 6.07) is 55.7. The monoisotopic (exact) mass is 615 g/mol. The van der Waals surface area contributed by atoms with Gasteiger partial charge in [-0.3, -0.25) is 0 Å². The lowest BCUT2D eigenvalue weighted by molar-refractivity contribution is 0.660. The fourth-order valence-corrected chi connectivity index (χ4v) is 8.08. The molecule has 7 aromatic rings. The van der Waals surface area contributed by atoms with Crippen LogP contribution in [-0.4, -0.2) is 0 Å². The van der Waals surface area contributed by atoms with Crippen molar-refractivity contribution >= 4 is 33.9 Å².